The smallest absolute Gasteiger partial charge is 0.265 e. The fourth-order valence-electron chi connectivity index (χ4n) is 2.36. The van der Waals surface area contributed by atoms with E-state index in [4.69, 9.17) is 9.47 Å². The summed E-state index contributed by atoms with van der Waals surface area (Å²) in [6.45, 7) is 1.95. The molecule has 1 amide bonds. The van der Waals surface area contributed by atoms with Gasteiger partial charge < -0.3 is 14.8 Å². The molecule has 1 heterocycles. The lowest BCUT2D eigenvalue weighted by Crippen LogP contribution is -2.30. The molecule has 0 aliphatic carbocycles. The van der Waals surface area contributed by atoms with Crippen LogP contribution in [0.4, 0.5) is 10.1 Å². The van der Waals surface area contributed by atoms with Gasteiger partial charge in [0.15, 0.2) is 6.10 Å². The number of aromatic nitrogens is 1. The minimum Gasteiger partial charge on any atom is -0.487 e. The Labute approximate surface area is 170 Å². The van der Waals surface area contributed by atoms with E-state index in [1.807, 2.05) is 18.2 Å². The van der Waals surface area contributed by atoms with Gasteiger partial charge in [0.05, 0.1) is 10.2 Å². The van der Waals surface area contributed by atoms with E-state index in [1.54, 1.807) is 37.4 Å². The molecule has 1 atom stereocenters. The number of anilines is 1. The number of pyridine rings is 1. The van der Waals surface area contributed by atoms with Gasteiger partial charge in [-0.3, -0.25) is 9.78 Å². The lowest BCUT2D eigenvalue weighted by Gasteiger charge is -2.16. The molecule has 0 bridgehead atoms. The Kier molecular flexibility index (Phi) is 6.60. The summed E-state index contributed by atoms with van der Waals surface area (Å²) < 4.78 is 24.9. The molecule has 1 unspecified atom stereocenters. The topological polar surface area (TPSA) is 60.5 Å². The van der Waals surface area contributed by atoms with Crippen molar-refractivity contribution in [2.75, 3.05) is 5.32 Å². The van der Waals surface area contributed by atoms with Crippen molar-refractivity contribution in [3.63, 3.8) is 0 Å². The van der Waals surface area contributed by atoms with E-state index >= 15 is 0 Å². The van der Waals surface area contributed by atoms with E-state index in [0.717, 1.165) is 5.69 Å². The summed E-state index contributed by atoms with van der Waals surface area (Å²) in [5, 5.41) is 2.78. The Hall–Kier alpha value is -2.93. The number of hydrogen-bond donors (Lipinski definition) is 1. The first kappa shape index (κ1) is 19.8. The zero-order valence-electron chi connectivity index (χ0n) is 15.1. The number of hydrogen-bond acceptors (Lipinski definition) is 4. The zero-order valence-corrected chi connectivity index (χ0v) is 16.6. The van der Waals surface area contributed by atoms with Gasteiger partial charge in [-0.1, -0.05) is 12.1 Å². The van der Waals surface area contributed by atoms with Crippen molar-refractivity contribution >= 4 is 27.5 Å². The molecule has 28 heavy (non-hydrogen) atoms. The Morgan fingerprint density at radius 2 is 2.04 bits per heavy atom. The standard InChI is InChI=1S/C21H18BrFN2O3/c1-14(28-20-9-8-15(23)11-19(20)22)21(26)25-16-6-4-7-18(12-16)27-13-17-5-2-3-10-24-17/h2-12,14H,13H2,1H3,(H,25,26). The van der Waals surface area contributed by atoms with Crippen LogP contribution in [0.1, 0.15) is 12.6 Å². The van der Waals surface area contributed by atoms with E-state index in [9.17, 15) is 9.18 Å². The van der Waals surface area contributed by atoms with Crippen molar-refractivity contribution in [2.24, 2.45) is 0 Å². The number of rotatable bonds is 7. The van der Waals surface area contributed by atoms with E-state index in [2.05, 4.69) is 26.2 Å². The van der Waals surface area contributed by atoms with Crippen LogP contribution < -0.4 is 14.8 Å². The molecule has 1 aromatic heterocycles. The van der Waals surface area contributed by atoms with Crippen LogP contribution in [-0.4, -0.2) is 17.0 Å². The Morgan fingerprint density at radius 1 is 1.18 bits per heavy atom. The fourth-order valence-corrected chi connectivity index (χ4v) is 2.81. The minimum absolute atomic E-state index is 0.330. The monoisotopic (exact) mass is 444 g/mol. The molecule has 0 radical (unpaired) electrons. The van der Waals surface area contributed by atoms with Crippen LogP contribution in [0.5, 0.6) is 11.5 Å². The number of nitrogens with one attached hydrogen (secondary N) is 1. The number of amides is 1. The molecular formula is C21H18BrFN2O3. The van der Waals surface area contributed by atoms with Gasteiger partial charge in [-0.15, -0.1) is 0 Å². The van der Waals surface area contributed by atoms with Gasteiger partial charge in [-0.25, -0.2) is 4.39 Å². The minimum atomic E-state index is -0.778. The largest absolute Gasteiger partial charge is 0.487 e. The van der Waals surface area contributed by atoms with E-state index < -0.39 is 6.10 Å². The molecule has 5 nitrogen and oxygen atoms in total. The molecular weight excluding hydrogens is 427 g/mol. The molecule has 7 heteroatoms. The van der Waals surface area contributed by atoms with Crippen molar-refractivity contribution < 1.29 is 18.7 Å². The van der Waals surface area contributed by atoms with E-state index in [1.165, 1.54) is 18.2 Å². The predicted octanol–water partition coefficient (Wildman–Crippen LogP) is 4.97. The maximum Gasteiger partial charge on any atom is 0.265 e. The maximum atomic E-state index is 13.2. The van der Waals surface area contributed by atoms with Crippen LogP contribution in [0.2, 0.25) is 0 Å². The average Bonchev–Trinajstić information content (AvgIpc) is 2.69. The molecule has 3 rings (SSSR count). The first-order valence-corrected chi connectivity index (χ1v) is 9.36. The van der Waals surface area contributed by atoms with Gasteiger partial charge in [-0.05, 0) is 65.3 Å². The second-order valence-electron chi connectivity index (χ2n) is 5.96. The SMILES string of the molecule is CC(Oc1ccc(F)cc1Br)C(=O)Nc1cccc(OCc2ccccn2)c1. The number of nitrogens with zero attached hydrogens (tertiary/aromatic N) is 1. The molecule has 0 saturated carbocycles. The molecule has 0 saturated heterocycles. The number of benzene rings is 2. The van der Waals surface area contributed by atoms with Gasteiger partial charge in [0, 0.05) is 18.0 Å². The van der Waals surface area contributed by atoms with Gasteiger partial charge in [0.25, 0.3) is 5.91 Å². The maximum absolute atomic E-state index is 13.2. The fraction of sp³-hybridized carbons (Fsp3) is 0.143. The van der Waals surface area contributed by atoms with Crippen LogP contribution in [0.25, 0.3) is 0 Å². The number of carbonyl (C=O) groups is 1. The van der Waals surface area contributed by atoms with Crippen LogP contribution in [0.15, 0.2) is 71.3 Å². The number of carbonyl (C=O) groups excluding carboxylic acids is 1. The van der Waals surface area contributed by atoms with E-state index in [-0.39, 0.29) is 11.7 Å². The van der Waals surface area contributed by atoms with Crippen LogP contribution in [0, 0.1) is 5.82 Å². The molecule has 2 aromatic carbocycles. The highest BCUT2D eigenvalue weighted by atomic mass is 79.9. The summed E-state index contributed by atoms with van der Waals surface area (Å²) in [5.41, 5.74) is 1.39. The highest BCUT2D eigenvalue weighted by molar-refractivity contribution is 9.10. The molecule has 144 valence electrons. The Bertz CT molecular complexity index is 953. The number of ether oxygens (including phenoxy) is 2. The van der Waals surface area contributed by atoms with Crippen molar-refractivity contribution in [2.45, 2.75) is 19.6 Å². The summed E-state index contributed by atoms with van der Waals surface area (Å²) in [5.74, 6) is 0.270. The van der Waals surface area contributed by atoms with Gasteiger partial charge >= 0.3 is 0 Å². The molecule has 0 spiro atoms. The Morgan fingerprint density at radius 3 is 2.79 bits per heavy atom. The van der Waals surface area contributed by atoms with Crippen LogP contribution >= 0.6 is 15.9 Å². The van der Waals surface area contributed by atoms with Gasteiger partial charge in [0.2, 0.25) is 0 Å². The van der Waals surface area contributed by atoms with Crippen LogP contribution in [0.3, 0.4) is 0 Å². The van der Waals surface area contributed by atoms with Gasteiger partial charge in [0.1, 0.15) is 23.9 Å². The quantitative estimate of drug-likeness (QED) is 0.558. The highest BCUT2D eigenvalue weighted by Crippen LogP contribution is 2.26. The highest BCUT2D eigenvalue weighted by Gasteiger charge is 2.16. The lowest BCUT2D eigenvalue weighted by atomic mass is 10.2. The summed E-state index contributed by atoms with van der Waals surface area (Å²) in [4.78, 5) is 16.6. The van der Waals surface area contributed by atoms with Gasteiger partial charge in [-0.2, -0.15) is 0 Å². The first-order valence-electron chi connectivity index (χ1n) is 8.56. The zero-order chi connectivity index (χ0) is 19.9. The van der Waals surface area contributed by atoms with Crippen molar-refractivity contribution in [3.8, 4) is 11.5 Å². The van der Waals surface area contributed by atoms with E-state index in [0.29, 0.717) is 28.3 Å². The second kappa shape index (κ2) is 9.32. The lowest BCUT2D eigenvalue weighted by molar-refractivity contribution is -0.122. The molecule has 0 aliphatic heterocycles. The van der Waals surface area contributed by atoms with Crippen LogP contribution in [-0.2, 0) is 11.4 Å². The third-order valence-electron chi connectivity index (χ3n) is 3.78. The Balaban J connectivity index is 1.58. The summed E-state index contributed by atoms with van der Waals surface area (Å²) in [6, 6.07) is 16.7. The second-order valence-corrected chi connectivity index (χ2v) is 6.82. The molecule has 0 aliphatic rings. The summed E-state index contributed by atoms with van der Waals surface area (Å²) >= 11 is 3.22. The normalized spacial score (nSPS) is 11.5. The molecule has 3 aromatic rings. The van der Waals surface area contributed by atoms with Crippen molar-refractivity contribution in [3.05, 3.63) is 82.8 Å². The summed E-state index contributed by atoms with van der Waals surface area (Å²) in [6.07, 6.45) is 0.927. The number of halogens is 2. The van der Waals surface area contributed by atoms with Crippen molar-refractivity contribution in [1.29, 1.82) is 0 Å². The third kappa shape index (κ3) is 5.53. The average molecular weight is 445 g/mol. The third-order valence-corrected chi connectivity index (χ3v) is 4.40. The molecule has 0 fully saturated rings. The predicted molar refractivity (Wildman–Crippen MR) is 108 cm³/mol. The summed E-state index contributed by atoms with van der Waals surface area (Å²) in [7, 11) is 0. The molecule has 1 N–H and O–H groups in total. The van der Waals surface area contributed by atoms with Crippen molar-refractivity contribution in [1.82, 2.24) is 4.98 Å². The first-order chi connectivity index (χ1) is 13.5.